The Hall–Kier alpha value is -2.06. The Morgan fingerprint density at radius 1 is 1.38 bits per heavy atom. The highest BCUT2D eigenvalue weighted by atomic mass is 35.5. The molecule has 0 fully saturated rings. The number of hydrogen-bond acceptors (Lipinski definition) is 5. The van der Waals surface area contributed by atoms with Gasteiger partial charge in [-0.15, -0.1) is 19.4 Å². The van der Waals surface area contributed by atoms with Gasteiger partial charge in [0.1, 0.15) is 0 Å². The molecule has 2 unspecified atom stereocenters. The van der Waals surface area contributed by atoms with E-state index >= 15 is 0 Å². The van der Waals surface area contributed by atoms with Gasteiger partial charge in [0.25, 0.3) is 0 Å². The van der Waals surface area contributed by atoms with Crippen molar-refractivity contribution in [3.05, 3.63) is 58.9 Å². The van der Waals surface area contributed by atoms with E-state index < -0.39 is 0 Å². The summed E-state index contributed by atoms with van der Waals surface area (Å²) in [6.45, 7) is 13.1. The molecular formula is C21H27ClN5OP. The van der Waals surface area contributed by atoms with Crippen LogP contribution in [0.1, 0.15) is 38.0 Å². The van der Waals surface area contributed by atoms with Crippen molar-refractivity contribution in [2.24, 2.45) is 0 Å². The molecule has 1 N–H and O–H groups in total. The minimum absolute atomic E-state index is 0.185. The van der Waals surface area contributed by atoms with Crippen molar-refractivity contribution in [3.63, 3.8) is 0 Å². The van der Waals surface area contributed by atoms with Crippen molar-refractivity contribution in [1.82, 2.24) is 25.0 Å². The first-order valence-corrected chi connectivity index (χ1v) is 10.5. The summed E-state index contributed by atoms with van der Waals surface area (Å²) in [5.41, 5.74) is 0.855. The predicted octanol–water partition coefficient (Wildman–Crippen LogP) is 3.22. The minimum atomic E-state index is -0.292. The highest BCUT2D eigenvalue weighted by molar-refractivity contribution is 7.18. The number of hydrogen-bond donors (Lipinski definition) is 1. The van der Waals surface area contributed by atoms with Gasteiger partial charge < -0.3 is 19.5 Å². The molecule has 0 amide bonds. The van der Waals surface area contributed by atoms with Gasteiger partial charge >= 0.3 is 0 Å². The quantitative estimate of drug-likeness (QED) is 0.562. The van der Waals surface area contributed by atoms with Gasteiger partial charge in [0.15, 0.2) is 5.82 Å². The van der Waals surface area contributed by atoms with Gasteiger partial charge in [-0.05, 0) is 44.9 Å². The summed E-state index contributed by atoms with van der Waals surface area (Å²) in [7, 11) is 2.81. The summed E-state index contributed by atoms with van der Waals surface area (Å²) >= 11 is 6.02. The lowest BCUT2D eigenvalue weighted by atomic mass is 10.2. The first-order chi connectivity index (χ1) is 13.7. The Morgan fingerprint density at radius 2 is 2.17 bits per heavy atom. The molecule has 2 heterocycles. The number of halogens is 1. The maximum atomic E-state index is 6.02. The van der Waals surface area contributed by atoms with Crippen molar-refractivity contribution in [1.29, 1.82) is 0 Å². The molecule has 0 saturated carbocycles. The summed E-state index contributed by atoms with van der Waals surface area (Å²) in [6, 6.07) is 7.47. The zero-order chi connectivity index (χ0) is 21.0. The Labute approximate surface area is 179 Å². The molecular weight excluding hydrogens is 405 g/mol. The highest BCUT2D eigenvalue weighted by Crippen LogP contribution is 2.21. The van der Waals surface area contributed by atoms with Crippen LogP contribution in [-0.4, -0.2) is 44.2 Å². The summed E-state index contributed by atoms with van der Waals surface area (Å²) in [6.07, 6.45) is 0.185. The van der Waals surface area contributed by atoms with Crippen molar-refractivity contribution in [3.8, 4) is 11.8 Å². The van der Waals surface area contributed by atoms with Crippen LogP contribution >= 0.6 is 20.8 Å². The molecule has 0 spiro atoms. The minimum Gasteiger partial charge on any atom is -0.376 e. The van der Waals surface area contributed by atoms with E-state index in [9.17, 15) is 0 Å². The molecule has 2 atom stereocenters. The van der Waals surface area contributed by atoms with E-state index in [4.69, 9.17) is 16.3 Å². The molecule has 1 aromatic heterocycles. The van der Waals surface area contributed by atoms with Crippen LogP contribution in [0.15, 0.2) is 36.7 Å². The number of rotatable bonds is 6. The fraction of sp³-hybridized carbons (Fsp3) is 0.429. The van der Waals surface area contributed by atoms with Crippen LogP contribution in [0.4, 0.5) is 0 Å². The molecule has 1 aliphatic heterocycles. The fourth-order valence-electron chi connectivity index (χ4n) is 2.96. The average molecular weight is 432 g/mol. The van der Waals surface area contributed by atoms with Gasteiger partial charge in [0.2, 0.25) is 5.82 Å². The van der Waals surface area contributed by atoms with E-state index in [1.807, 2.05) is 38.1 Å². The van der Waals surface area contributed by atoms with E-state index in [1.165, 1.54) is 0 Å². The molecule has 29 heavy (non-hydrogen) atoms. The number of nitrogens with one attached hydrogen (secondary N) is 1. The molecule has 6 nitrogen and oxygen atoms in total. The maximum Gasteiger partial charge on any atom is 0.208 e. The lowest BCUT2D eigenvalue weighted by Crippen LogP contribution is -2.46. The molecule has 8 heteroatoms. The zero-order valence-corrected chi connectivity index (χ0v) is 19.0. The summed E-state index contributed by atoms with van der Waals surface area (Å²) in [5, 5.41) is 12.4. The number of nitrogens with zero attached hydrogens (tertiary/aromatic N) is 4. The Balaban J connectivity index is 1.65. The number of aromatic nitrogens is 3. The summed E-state index contributed by atoms with van der Waals surface area (Å²) in [5.74, 6) is 8.60. The Bertz CT molecular complexity index is 944. The van der Waals surface area contributed by atoms with Crippen LogP contribution in [0.5, 0.6) is 0 Å². The normalized spacial score (nSPS) is 15.3. The number of fused-ring (bicyclic) bond motifs is 1. The first-order valence-electron chi connectivity index (χ1n) is 9.56. The Kier molecular flexibility index (Phi) is 6.85. The van der Waals surface area contributed by atoms with Crippen molar-refractivity contribution in [2.45, 2.75) is 45.2 Å². The van der Waals surface area contributed by atoms with Gasteiger partial charge in [-0.3, -0.25) is 0 Å². The second-order valence-electron chi connectivity index (χ2n) is 7.62. The lowest BCUT2D eigenvalue weighted by Gasteiger charge is -2.36. The SMILES string of the molecule is C=C(NC(C)(P)COC(C)C)N1CCn2c(C#Cc3cccc(Cl)c3)nnc2C1. The van der Waals surface area contributed by atoms with Crippen LogP contribution in [0.25, 0.3) is 0 Å². The maximum absolute atomic E-state index is 6.02. The van der Waals surface area contributed by atoms with Crippen LogP contribution in [0.2, 0.25) is 5.02 Å². The molecule has 0 aliphatic carbocycles. The van der Waals surface area contributed by atoms with Gasteiger partial charge in [0, 0.05) is 23.7 Å². The third kappa shape index (κ3) is 5.96. The smallest absolute Gasteiger partial charge is 0.208 e. The monoisotopic (exact) mass is 431 g/mol. The molecule has 1 aromatic carbocycles. The second-order valence-corrected chi connectivity index (χ2v) is 9.33. The van der Waals surface area contributed by atoms with Crippen molar-refractivity contribution >= 4 is 20.8 Å². The fourth-order valence-corrected chi connectivity index (χ4v) is 3.41. The largest absolute Gasteiger partial charge is 0.376 e. The van der Waals surface area contributed by atoms with E-state index in [0.29, 0.717) is 24.0 Å². The van der Waals surface area contributed by atoms with E-state index in [2.05, 4.69) is 59.6 Å². The average Bonchev–Trinajstić information content (AvgIpc) is 3.07. The number of benzene rings is 1. The molecule has 0 bridgehead atoms. The van der Waals surface area contributed by atoms with Crippen molar-refractivity contribution in [2.75, 3.05) is 13.2 Å². The van der Waals surface area contributed by atoms with Crippen LogP contribution in [0, 0.1) is 11.8 Å². The molecule has 2 aromatic rings. The van der Waals surface area contributed by atoms with Gasteiger partial charge in [-0.1, -0.05) is 30.2 Å². The van der Waals surface area contributed by atoms with E-state index in [-0.39, 0.29) is 11.4 Å². The molecule has 0 saturated heterocycles. The molecule has 154 valence electrons. The molecule has 0 radical (unpaired) electrons. The van der Waals surface area contributed by atoms with E-state index in [0.717, 1.165) is 30.3 Å². The topological polar surface area (TPSA) is 55.2 Å². The first kappa shape index (κ1) is 21.6. The van der Waals surface area contributed by atoms with Gasteiger partial charge in [-0.2, -0.15) is 0 Å². The van der Waals surface area contributed by atoms with Crippen LogP contribution < -0.4 is 5.32 Å². The molecule has 1 aliphatic rings. The third-order valence-electron chi connectivity index (χ3n) is 4.42. The lowest BCUT2D eigenvalue weighted by molar-refractivity contribution is 0.0563. The second kappa shape index (κ2) is 9.17. The van der Waals surface area contributed by atoms with Crippen molar-refractivity contribution < 1.29 is 4.74 Å². The van der Waals surface area contributed by atoms with E-state index in [1.54, 1.807) is 0 Å². The highest BCUT2D eigenvalue weighted by Gasteiger charge is 2.25. The standard InChI is InChI=1S/C21H27ClN5OP/c1-15(2)28-14-21(4,29)23-16(3)26-10-11-27-19(24-25-20(27)13-26)9-8-17-6-5-7-18(22)12-17/h5-7,12,15,23H,3,10-11,13-14,29H2,1-2,4H3. The van der Waals surface area contributed by atoms with Crippen LogP contribution in [-0.2, 0) is 17.8 Å². The Morgan fingerprint density at radius 3 is 2.90 bits per heavy atom. The zero-order valence-electron chi connectivity index (χ0n) is 17.1. The predicted molar refractivity (Wildman–Crippen MR) is 119 cm³/mol. The van der Waals surface area contributed by atoms with Gasteiger partial charge in [-0.25, -0.2) is 0 Å². The third-order valence-corrected chi connectivity index (χ3v) is 4.97. The number of ether oxygens (including phenoxy) is 1. The van der Waals surface area contributed by atoms with Gasteiger partial charge in [0.05, 0.1) is 30.4 Å². The summed E-state index contributed by atoms with van der Waals surface area (Å²) < 4.78 is 7.79. The summed E-state index contributed by atoms with van der Waals surface area (Å²) in [4.78, 5) is 2.16. The molecule has 3 rings (SSSR count). The van der Waals surface area contributed by atoms with Crippen LogP contribution in [0.3, 0.4) is 0 Å².